The van der Waals surface area contributed by atoms with Crippen molar-refractivity contribution in [1.82, 2.24) is 5.32 Å². The van der Waals surface area contributed by atoms with E-state index in [2.05, 4.69) is 21.2 Å². The Kier molecular flexibility index (Phi) is 5.71. The van der Waals surface area contributed by atoms with Crippen LogP contribution in [0.3, 0.4) is 0 Å². The smallest absolute Gasteiger partial charge is 0.416 e. The van der Waals surface area contributed by atoms with E-state index in [0.717, 1.165) is 23.9 Å². The molecule has 0 unspecified atom stereocenters. The molecule has 10 heteroatoms. The number of carbonyl (C=O) groups excluding carboxylic acids is 2. The topological polar surface area (TPSA) is 64.6 Å². The Labute approximate surface area is 170 Å². The standard InChI is InChI=1S/C18H11BrF3NO4S/c1-26-14-6-9(7-15-16(24)23-17(25)28-15)2-4-13(14)27-12-5-3-10(8-11(12)19)18(20,21)22/h2-8H,1H3,(H,23,24,25)/b15-7-. The summed E-state index contributed by atoms with van der Waals surface area (Å²) in [5, 5.41) is 1.71. The Balaban J connectivity index is 1.87. The third-order valence-corrected chi connectivity index (χ3v) is 5.04. The van der Waals surface area contributed by atoms with Gasteiger partial charge in [-0.25, -0.2) is 0 Å². The number of amides is 2. The van der Waals surface area contributed by atoms with Crippen LogP contribution in [-0.2, 0) is 11.0 Å². The van der Waals surface area contributed by atoms with Crippen LogP contribution in [-0.4, -0.2) is 18.3 Å². The van der Waals surface area contributed by atoms with Crippen molar-refractivity contribution in [2.45, 2.75) is 6.18 Å². The van der Waals surface area contributed by atoms with Gasteiger partial charge in [0, 0.05) is 0 Å². The number of rotatable bonds is 4. The van der Waals surface area contributed by atoms with Gasteiger partial charge in [-0.05, 0) is 69.7 Å². The van der Waals surface area contributed by atoms with Crippen molar-refractivity contribution >= 4 is 44.9 Å². The molecular weight excluding hydrogens is 463 g/mol. The second kappa shape index (κ2) is 7.88. The lowest BCUT2D eigenvalue weighted by molar-refractivity contribution is -0.137. The predicted octanol–water partition coefficient (Wildman–Crippen LogP) is 5.59. The van der Waals surface area contributed by atoms with E-state index in [-0.39, 0.29) is 20.9 Å². The zero-order chi connectivity index (χ0) is 20.5. The van der Waals surface area contributed by atoms with E-state index >= 15 is 0 Å². The first kappa shape index (κ1) is 20.3. The number of nitrogens with one attached hydrogen (secondary N) is 1. The predicted molar refractivity (Wildman–Crippen MR) is 101 cm³/mol. The van der Waals surface area contributed by atoms with Crippen LogP contribution < -0.4 is 14.8 Å². The summed E-state index contributed by atoms with van der Waals surface area (Å²) in [6, 6.07) is 7.80. The number of thioether (sulfide) groups is 1. The quantitative estimate of drug-likeness (QED) is 0.586. The van der Waals surface area contributed by atoms with Gasteiger partial charge in [0.1, 0.15) is 5.75 Å². The van der Waals surface area contributed by atoms with Crippen LogP contribution in [0.15, 0.2) is 45.8 Å². The average Bonchev–Trinajstić information content (AvgIpc) is 2.94. The number of hydrogen-bond donors (Lipinski definition) is 1. The molecule has 1 heterocycles. The molecule has 3 rings (SSSR count). The molecule has 0 saturated carbocycles. The minimum Gasteiger partial charge on any atom is -0.493 e. The molecule has 2 aromatic carbocycles. The first-order valence-corrected chi connectivity index (χ1v) is 9.26. The van der Waals surface area contributed by atoms with Crippen LogP contribution in [0.1, 0.15) is 11.1 Å². The summed E-state index contributed by atoms with van der Waals surface area (Å²) in [6.07, 6.45) is -2.94. The first-order chi connectivity index (χ1) is 13.2. The Hall–Kier alpha value is -2.46. The maximum absolute atomic E-state index is 12.8. The molecule has 28 heavy (non-hydrogen) atoms. The minimum atomic E-state index is -4.46. The van der Waals surface area contributed by atoms with E-state index in [1.165, 1.54) is 19.3 Å². The van der Waals surface area contributed by atoms with Crippen LogP contribution in [0.5, 0.6) is 17.2 Å². The molecule has 0 radical (unpaired) electrons. The average molecular weight is 474 g/mol. The fraction of sp³-hybridized carbons (Fsp3) is 0.111. The molecule has 1 N–H and O–H groups in total. The van der Waals surface area contributed by atoms with E-state index in [1.54, 1.807) is 18.2 Å². The number of ether oxygens (including phenoxy) is 2. The van der Waals surface area contributed by atoms with Gasteiger partial charge in [0.15, 0.2) is 11.5 Å². The van der Waals surface area contributed by atoms with Gasteiger partial charge in [-0.3, -0.25) is 14.9 Å². The number of benzene rings is 2. The highest BCUT2D eigenvalue weighted by Crippen LogP contribution is 2.39. The Morgan fingerprint density at radius 3 is 2.36 bits per heavy atom. The zero-order valence-electron chi connectivity index (χ0n) is 14.1. The van der Waals surface area contributed by atoms with Crippen LogP contribution in [0.4, 0.5) is 18.0 Å². The molecule has 2 aromatic rings. The molecule has 0 bridgehead atoms. The largest absolute Gasteiger partial charge is 0.493 e. The second-order valence-corrected chi connectivity index (χ2v) is 7.38. The van der Waals surface area contributed by atoms with Gasteiger partial charge in [0.25, 0.3) is 11.1 Å². The summed E-state index contributed by atoms with van der Waals surface area (Å²) >= 11 is 3.86. The number of halogens is 4. The molecule has 5 nitrogen and oxygen atoms in total. The minimum absolute atomic E-state index is 0.133. The van der Waals surface area contributed by atoms with Gasteiger partial charge in [0.2, 0.25) is 0 Å². The summed E-state index contributed by atoms with van der Waals surface area (Å²) in [5.41, 5.74) is -0.217. The van der Waals surface area contributed by atoms with Gasteiger partial charge in [-0.2, -0.15) is 13.2 Å². The van der Waals surface area contributed by atoms with Gasteiger partial charge >= 0.3 is 6.18 Å². The van der Waals surface area contributed by atoms with Crippen LogP contribution in [0.25, 0.3) is 6.08 Å². The maximum Gasteiger partial charge on any atom is 0.416 e. The number of carbonyl (C=O) groups is 2. The molecule has 2 amide bonds. The lowest BCUT2D eigenvalue weighted by Gasteiger charge is -2.14. The molecule has 146 valence electrons. The van der Waals surface area contributed by atoms with Crippen molar-refractivity contribution in [1.29, 1.82) is 0 Å². The van der Waals surface area contributed by atoms with E-state index < -0.39 is 22.9 Å². The summed E-state index contributed by atoms with van der Waals surface area (Å²) < 4.78 is 49.4. The fourth-order valence-electron chi connectivity index (χ4n) is 2.31. The van der Waals surface area contributed by atoms with Gasteiger partial charge in [0.05, 0.1) is 22.1 Å². The van der Waals surface area contributed by atoms with Gasteiger partial charge in [-0.15, -0.1) is 0 Å². The normalized spacial score (nSPS) is 15.7. The van der Waals surface area contributed by atoms with E-state index in [1.807, 2.05) is 0 Å². The van der Waals surface area contributed by atoms with Crippen molar-refractivity contribution < 1.29 is 32.2 Å². The lowest BCUT2D eigenvalue weighted by Crippen LogP contribution is -2.17. The van der Waals surface area contributed by atoms with E-state index in [9.17, 15) is 22.8 Å². The van der Waals surface area contributed by atoms with Gasteiger partial charge < -0.3 is 9.47 Å². The van der Waals surface area contributed by atoms with Crippen molar-refractivity contribution in [2.24, 2.45) is 0 Å². The molecule has 0 aromatic heterocycles. The molecule has 1 fully saturated rings. The third kappa shape index (κ3) is 4.50. The fourth-order valence-corrected chi connectivity index (χ4v) is 3.45. The number of methoxy groups -OCH3 is 1. The number of imide groups is 1. The summed E-state index contributed by atoms with van der Waals surface area (Å²) in [4.78, 5) is 23.1. The number of alkyl halides is 3. The summed E-state index contributed by atoms with van der Waals surface area (Å²) in [5.74, 6) is 0.261. The molecule has 0 atom stereocenters. The Morgan fingerprint density at radius 1 is 1.07 bits per heavy atom. The maximum atomic E-state index is 12.8. The molecule has 0 aliphatic carbocycles. The van der Waals surface area contributed by atoms with Crippen molar-refractivity contribution in [3.05, 3.63) is 56.9 Å². The molecule has 0 spiro atoms. The number of hydrogen-bond acceptors (Lipinski definition) is 5. The molecular formula is C18H11BrF3NO4S. The van der Waals surface area contributed by atoms with Crippen LogP contribution in [0, 0.1) is 0 Å². The highest BCUT2D eigenvalue weighted by Gasteiger charge is 2.31. The van der Waals surface area contributed by atoms with Crippen molar-refractivity contribution in [3.63, 3.8) is 0 Å². The lowest BCUT2D eigenvalue weighted by atomic mass is 10.1. The van der Waals surface area contributed by atoms with Crippen molar-refractivity contribution in [3.8, 4) is 17.2 Å². The molecule has 1 aliphatic rings. The monoisotopic (exact) mass is 473 g/mol. The Bertz CT molecular complexity index is 991. The first-order valence-electron chi connectivity index (χ1n) is 7.65. The SMILES string of the molecule is COc1cc(/C=C2\SC(=O)NC2=O)ccc1Oc1ccc(C(F)(F)F)cc1Br. The highest BCUT2D eigenvalue weighted by atomic mass is 79.9. The van der Waals surface area contributed by atoms with Crippen LogP contribution >= 0.6 is 27.7 Å². The molecule has 1 aliphatic heterocycles. The third-order valence-electron chi connectivity index (χ3n) is 3.61. The highest BCUT2D eigenvalue weighted by molar-refractivity contribution is 9.10. The van der Waals surface area contributed by atoms with Crippen LogP contribution in [0.2, 0.25) is 0 Å². The van der Waals surface area contributed by atoms with E-state index in [0.29, 0.717) is 11.3 Å². The summed E-state index contributed by atoms with van der Waals surface area (Å²) in [6.45, 7) is 0. The molecule has 1 saturated heterocycles. The second-order valence-electron chi connectivity index (χ2n) is 5.51. The van der Waals surface area contributed by atoms with Crippen molar-refractivity contribution in [2.75, 3.05) is 7.11 Å². The summed E-state index contributed by atoms with van der Waals surface area (Å²) in [7, 11) is 1.40. The van der Waals surface area contributed by atoms with E-state index in [4.69, 9.17) is 9.47 Å². The zero-order valence-corrected chi connectivity index (χ0v) is 16.5. The van der Waals surface area contributed by atoms with Gasteiger partial charge in [-0.1, -0.05) is 6.07 Å². The Morgan fingerprint density at radius 2 is 1.79 bits per heavy atom.